The van der Waals surface area contributed by atoms with Gasteiger partial charge in [0.25, 0.3) is 0 Å². The van der Waals surface area contributed by atoms with Gasteiger partial charge >= 0.3 is 0 Å². The highest BCUT2D eigenvalue weighted by Gasteiger charge is 2.17. The topological polar surface area (TPSA) is 58.4 Å². The summed E-state index contributed by atoms with van der Waals surface area (Å²) in [5.74, 6) is 0.577. The first-order valence-electron chi connectivity index (χ1n) is 10.6. The first-order valence-corrected chi connectivity index (χ1v) is 10.6. The van der Waals surface area contributed by atoms with Crippen molar-refractivity contribution in [1.29, 1.82) is 0 Å². The predicted molar refractivity (Wildman–Crippen MR) is 113 cm³/mol. The van der Waals surface area contributed by atoms with Crippen LogP contribution in [0.1, 0.15) is 41.6 Å². The van der Waals surface area contributed by atoms with Crippen LogP contribution in [0.4, 0.5) is 4.39 Å². The minimum Gasteiger partial charge on any atom is -0.489 e. The van der Waals surface area contributed by atoms with Crippen LogP contribution in [-0.4, -0.2) is 34.5 Å². The van der Waals surface area contributed by atoms with E-state index < -0.39 is 0 Å². The SMILES string of the molecule is Fc1ccc(C2=CCOc3cc(Cn4cc(COC5CCCCO5)nn4)ccc32)cc1. The highest BCUT2D eigenvalue weighted by Crippen LogP contribution is 2.35. The summed E-state index contributed by atoms with van der Waals surface area (Å²) in [5, 5.41) is 8.42. The molecule has 1 unspecified atom stereocenters. The fraction of sp³-hybridized carbons (Fsp3) is 0.333. The second-order valence-corrected chi connectivity index (χ2v) is 7.78. The summed E-state index contributed by atoms with van der Waals surface area (Å²) in [6.07, 6.45) is 6.94. The molecule has 3 heterocycles. The Morgan fingerprint density at radius 1 is 1.13 bits per heavy atom. The van der Waals surface area contributed by atoms with Crippen LogP contribution < -0.4 is 4.74 Å². The van der Waals surface area contributed by atoms with Crippen molar-refractivity contribution in [3.05, 3.63) is 82.9 Å². The van der Waals surface area contributed by atoms with Gasteiger partial charge in [0.2, 0.25) is 0 Å². The second-order valence-electron chi connectivity index (χ2n) is 7.78. The molecule has 0 N–H and O–H groups in total. The van der Waals surface area contributed by atoms with Crippen LogP contribution in [0.25, 0.3) is 5.57 Å². The summed E-state index contributed by atoms with van der Waals surface area (Å²) >= 11 is 0. The molecule has 0 radical (unpaired) electrons. The minimum absolute atomic E-state index is 0.139. The lowest BCUT2D eigenvalue weighted by Crippen LogP contribution is -2.22. The van der Waals surface area contributed by atoms with E-state index in [2.05, 4.69) is 16.4 Å². The van der Waals surface area contributed by atoms with Gasteiger partial charge in [-0.2, -0.15) is 0 Å². The Bertz CT molecular complexity index is 1070. The summed E-state index contributed by atoms with van der Waals surface area (Å²) < 4.78 is 32.3. The van der Waals surface area contributed by atoms with E-state index in [9.17, 15) is 4.39 Å². The zero-order valence-corrected chi connectivity index (χ0v) is 17.2. The fourth-order valence-corrected chi connectivity index (χ4v) is 3.92. The van der Waals surface area contributed by atoms with Crippen molar-refractivity contribution in [2.75, 3.05) is 13.2 Å². The summed E-state index contributed by atoms with van der Waals surface area (Å²) in [6.45, 7) is 2.22. The highest BCUT2D eigenvalue weighted by molar-refractivity contribution is 5.84. The molecule has 2 aliphatic heterocycles. The lowest BCUT2D eigenvalue weighted by Gasteiger charge is -2.22. The molecule has 6 nitrogen and oxygen atoms in total. The monoisotopic (exact) mass is 421 g/mol. The maximum atomic E-state index is 13.3. The lowest BCUT2D eigenvalue weighted by atomic mass is 9.94. The molecule has 0 aliphatic carbocycles. The Kier molecular flexibility index (Phi) is 5.78. The van der Waals surface area contributed by atoms with Crippen molar-refractivity contribution >= 4 is 5.57 Å². The van der Waals surface area contributed by atoms with E-state index >= 15 is 0 Å². The average Bonchev–Trinajstić information content (AvgIpc) is 3.26. The van der Waals surface area contributed by atoms with Crippen molar-refractivity contribution in [2.24, 2.45) is 0 Å². The molecule has 2 aliphatic rings. The van der Waals surface area contributed by atoms with Gasteiger partial charge in [-0.25, -0.2) is 9.07 Å². The molecule has 2 aromatic carbocycles. The maximum absolute atomic E-state index is 13.3. The average molecular weight is 421 g/mol. The number of fused-ring (bicyclic) bond motifs is 1. The number of halogens is 1. The number of hydrogen-bond donors (Lipinski definition) is 0. The van der Waals surface area contributed by atoms with Gasteiger partial charge in [-0.3, -0.25) is 0 Å². The number of ether oxygens (including phenoxy) is 3. The summed E-state index contributed by atoms with van der Waals surface area (Å²) in [5.41, 5.74) is 4.87. The minimum atomic E-state index is -0.240. The number of nitrogens with zero attached hydrogens (tertiary/aromatic N) is 3. The lowest BCUT2D eigenvalue weighted by molar-refractivity contribution is -0.169. The third-order valence-corrected chi connectivity index (χ3v) is 5.50. The van der Waals surface area contributed by atoms with Crippen molar-refractivity contribution in [2.45, 2.75) is 38.7 Å². The Hall–Kier alpha value is -3.03. The zero-order chi connectivity index (χ0) is 21.0. The van der Waals surface area contributed by atoms with E-state index in [-0.39, 0.29) is 12.1 Å². The Balaban J connectivity index is 1.26. The van der Waals surface area contributed by atoms with E-state index in [1.165, 1.54) is 12.1 Å². The smallest absolute Gasteiger partial charge is 0.158 e. The molecule has 5 rings (SSSR count). The molecule has 1 aromatic heterocycles. The van der Waals surface area contributed by atoms with Crippen molar-refractivity contribution in [3.8, 4) is 5.75 Å². The van der Waals surface area contributed by atoms with Gasteiger partial charge in [0.05, 0.1) is 19.3 Å². The molecule has 0 spiro atoms. The first-order chi connectivity index (χ1) is 15.2. The Morgan fingerprint density at radius 2 is 2.03 bits per heavy atom. The highest BCUT2D eigenvalue weighted by atomic mass is 19.1. The Labute approximate surface area is 180 Å². The van der Waals surface area contributed by atoms with Gasteiger partial charge < -0.3 is 14.2 Å². The number of aromatic nitrogens is 3. The van der Waals surface area contributed by atoms with Crippen molar-refractivity contribution in [3.63, 3.8) is 0 Å². The molecule has 0 amide bonds. The van der Waals surface area contributed by atoms with Crippen molar-refractivity contribution in [1.82, 2.24) is 15.0 Å². The fourth-order valence-electron chi connectivity index (χ4n) is 3.92. The zero-order valence-electron chi connectivity index (χ0n) is 17.2. The van der Waals surface area contributed by atoms with Gasteiger partial charge in [0, 0.05) is 12.2 Å². The van der Waals surface area contributed by atoms with Crippen molar-refractivity contribution < 1.29 is 18.6 Å². The molecule has 1 atom stereocenters. The van der Waals surface area contributed by atoms with Gasteiger partial charge in [0.1, 0.15) is 23.9 Å². The quantitative estimate of drug-likeness (QED) is 0.593. The molecule has 1 saturated heterocycles. The number of hydrogen-bond acceptors (Lipinski definition) is 5. The van der Waals surface area contributed by atoms with Crippen LogP contribution in [-0.2, 0) is 22.6 Å². The molecular formula is C24H24FN3O3. The molecule has 160 valence electrons. The van der Waals surface area contributed by atoms with Crippen LogP contribution in [0, 0.1) is 5.82 Å². The van der Waals surface area contributed by atoms with E-state index in [0.717, 1.165) is 59.6 Å². The first kappa shape index (κ1) is 19.9. The standard InChI is InChI=1S/C24H24FN3O3/c25-19-7-5-18(6-8-19)21-10-12-29-23-13-17(4-9-22(21)23)14-28-15-20(26-27-28)16-31-24-3-1-2-11-30-24/h4-10,13,15,24H,1-3,11-12,14,16H2. The van der Waals surface area contributed by atoms with Gasteiger partial charge in [-0.05, 0) is 60.2 Å². The Morgan fingerprint density at radius 3 is 2.87 bits per heavy atom. The molecule has 31 heavy (non-hydrogen) atoms. The second kappa shape index (κ2) is 8.99. The maximum Gasteiger partial charge on any atom is 0.158 e. The third kappa shape index (κ3) is 4.68. The van der Waals surface area contributed by atoms with Crippen LogP contribution in [0.15, 0.2) is 54.7 Å². The third-order valence-electron chi connectivity index (χ3n) is 5.50. The number of benzene rings is 2. The van der Waals surface area contributed by atoms with Gasteiger partial charge in [-0.1, -0.05) is 29.5 Å². The van der Waals surface area contributed by atoms with E-state index in [4.69, 9.17) is 14.2 Å². The normalized spacial score (nSPS) is 18.2. The van der Waals surface area contributed by atoms with Gasteiger partial charge in [0.15, 0.2) is 6.29 Å². The molecular weight excluding hydrogens is 397 g/mol. The van der Waals surface area contributed by atoms with E-state index in [0.29, 0.717) is 19.8 Å². The van der Waals surface area contributed by atoms with E-state index in [1.54, 1.807) is 16.8 Å². The van der Waals surface area contributed by atoms with E-state index in [1.807, 2.05) is 24.4 Å². The molecule has 3 aromatic rings. The van der Waals surface area contributed by atoms with Crippen LogP contribution in [0.2, 0.25) is 0 Å². The largest absolute Gasteiger partial charge is 0.489 e. The molecule has 0 saturated carbocycles. The number of rotatable bonds is 6. The van der Waals surface area contributed by atoms with Crippen LogP contribution >= 0.6 is 0 Å². The van der Waals surface area contributed by atoms with Gasteiger partial charge in [-0.15, -0.1) is 5.10 Å². The van der Waals surface area contributed by atoms with Crippen LogP contribution in [0.3, 0.4) is 0 Å². The molecule has 0 bridgehead atoms. The summed E-state index contributed by atoms with van der Waals surface area (Å²) in [7, 11) is 0. The molecule has 7 heteroatoms. The van der Waals surface area contributed by atoms with Crippen LogP contribution in [0.5, 0.6) is 5.75 Å². The molecule has 1 fully saturated rings. The predicted octanol–water partition coefficient (Wildman–Crippen LogP) is 4.33. The summed E-state index contributed by atoms with van der Waals surface area (Å²) in [4.78, 5) is 0. The summed E-state index contributed by atoms with van der Waals surface area (Å²) in [6, 6.07) is 12.7.